The summed E-state index contributed by atoms with van der Waals surface area (Å²) in [5.74, 6) is -0.209. The number of phenols is 1. The molecular weight excluding hydrogens is 280 g/mol. The Hall–Kier alpha value is -1.59. The second-order valence-electron chi connectivity index (χ2n) is 6.88. The van der Waals surface area contributed by atoms with Gasteiger partial charge in [-0.15, -0.1) is 0 Å². The smallest absolute Gasteiger partial charge is 0.308 e. The van der Waals surface area contributed by atoms with Crippen molar-refractivity contribution in [2.24, 2.45) is 5.41 Å². The number of carbonyl (C=O) groups is 1. The Bertz CT molecular complexity index is 531. The number of aromatic hydroxyl groups is 1. The van der Waals surface area contributed by atoms with Crippen molar-refractivity contribution in [1.29, 1.82) is 0 Å². The zero-order valence-electron chi connectivity index (χ0n) is 13.8. The summed E-state index contributed by atoms with van der Waals surface area (Å²) < 4.78 is 5.00. The summed E-state index contributed by atoms with van der Waals surface area (Å²) in [5.41, 5.74) is 1.08. The van der Waals surface area contributed by atoms with Gasteiger partial charge in [0.2, 0.25) is 0 Å². The van der Waals surface area contributed by atoms with Gasteiger partial charge in [-0.2, -0.15) is 0 Å². The molecule has 2 N–H and O–H groups in total. The lowest BCUT2D eigenvalue weighted by Gasteiger charge is -2.42. The number of nitrogens with zero attached hydrogens (tertiary/aromatic N) is 1. The van der Waals surface area contributed by atoms with Crippen LogP contribution < -0.4 is 10.1 Å². The number of benzene rings is 1. The van der Waals surface area contributed by atoms with Crippen molar-refractivity contribution < 1.29 is 14.6 Å². The van der Waals surface area contributed by atoms with Crippen molar-refractivity contribution in [3.8, 4) is 11.5 Å². The predicted molar refractivity (Wildman–Crippen MR) is 86.1 cm³/mol. The van der Waals surface area contributed by atoms with Crippen LogP contribution in [0.4, 0.5) is 0 Å². The van der Waals surface area contributed by atoms with Gasteiger partial charge in [0.1, 0.15) is 0 Å². The lowest BCUT2D eigenvalue weighted by Crippen LogP contribution is -2.48. The quantitative estimate of drug-likeness (QED) is 0.663. The van der Waals surface area contributed by atoms with Crippen LogP contribution in [0.25, 0.3) is 0 Å². The van der Waals surface area contributed by atoms with E-state index in [-0.39, 0.29) is 23.0 Å². The average molecular weight is 306 g/mol. The molecule has 1 fully saturated rings. The molecule has 1 saturated heterocycles. The Morgan fingerprint density at radius 2 is 1.95 bits per heavy atom. The first-order valence-corrected chi connectivity index (χ1v) is 7.75. The molecule has 0 radical (unpaired) electrons. The van der Waals surface area contributed by atoms with Crippen LogP contribution >= 0.6 is 0 Å². The predicted octanol–water partition coefficient (Wildman–Crippen LogP) is 2.31. The fraction of sp³-hybridized carbons (Fsp3) is 0.588. The molecule has 0 bridgehead atoms. The van der Waals surface area contributed by atoms with Crippen LogP contribution in [-0.2, 0) is 4.79 Å². The summed E-state index contributed by atoms with van der Waals surface area (Å²) in [6.45, 7) is 11.9. The first-order valence-electron chi connectivity index (χ1n) is 7.75. The molecule has 22 heavy (non-hydrogen) atoms. The van der Waals surface area contributed by atoms with E-state index in [1.807, 2.05) is 6.07 Å². The first-order chi connectivity index (χ1) is 10.3. The molecule has 1 aromatic rings. The van der Waals surface area contributed by atoms with Crippen LogP contribution in [0.3, 0.4) is 0 Å². The highest BCUT2D eigenvalue weighted by molar-refractivity contribution is 5.70. The van der Waals surface area contributed by atoms with Crippen molar-refractivity contribution in [2.45, 2.75) is 33.7 Å². The highest BCUT2D eigenvalue weighted by Crippen LogP contribution is 2.40. The average Bonchev–Trinajstić information content (AvgIpc) is 2.41. The Balaban J connectivity index is 2.31. The number of ether oxygens (including phenoxy) is 1. The highest BCUT2D eigenvalue weighted by Gasteiger charge is 2.33. The maximum atomic E-state index is 11.0. The van der Waals surface area contributed by atoms with E-state index in [0.717, 1.165) is 31.7 Å². The zero-order chi connectivity index (χ0) is 16.3. The van der Waals surface area contributed by atoms with Gasteiger partial charge in [-0.3, -0.25) is 9.69 Å². The monoisotopic (exact) mass is 306 g/mol. The van der Waals surface area contributed by atoms with Crippen molar-refractivity contribution in [3.63, 3.8) is 0 Å². The zero-order valence-corrected chi connectivity index (χ0v) is 13.8. The molecule has 5 heteroatoms. The van der Waals surface area contributed by atoms with Gasteiger partial charge >= 0.3 is 5.97 Å². The number of carbonyl (C=O) groups excluding carboxylic acids is 1. The van der Waals surface area contributed by atoms with E-state index < -0.39 is 5.97 Å². The largest absolute Gasteiger partial charge is 0.504 e. The van der Waals surface area contributed by atoms with Gasteiger partial charge < -0.3 is 15.2 Å². The Morgan fingerprint density at radius 3 is 2.45 bits per heavy atom. The summed E-state index contributed by atoms with van der Waals surface area (Å²) in [6.07, 6.45) is 0. The molecule has 1 aromatic carbocycles. The lowest BCUT2D eigenvalue weighted by atomic mass is 9.81. The van der Waals surface area contributed by atoms with Crippen LogP contribution in [0.2, 0.25) is 0 Å². The molecule has 1 aliphatic heterocycles. The van der Waals surface area contributed by atoms with E-state index >= 15 is 0 Å². The Labute approximate surface area is 132 Å². The van der Waals surface area contributed by atoms with E-state index in [9.17, 15) is 9.90 Å². The van der Waals surface area contributed by atoms with Gasteiger partial charge in [0.25, 0.3) is 0 Å². The first kappa shape index (κ1) is 16.8. The van der Waals surface area contributed by atoms with Gasteiger partial charge in [-0.1, -0.05) is 26.8 Å². The van der Waals surface area contributed by atoms with Crippen LogP contribution in [-0.4, -0.2) is 42.2 Å². The van der Waals surface area contributed by atoms with Gasteiger partial charge in [-0.05, 0) is 23.1 Å². The van der Waals surface area contributed by atoms with Crippen LogP contribution in [0, 0.1) is 5.41 Å². The summed E-state index contributed by atoms with van der Waals surface area (Å²) in [5, 5.41) is 13.5. The van der Waals surface area contributed by atoms with Crippen LogP contribution in [0.1, 0.15) is 39.3 Å². The van der Waals surface area contributed by atoms with Gasteiger partial charge in [0, 0.05) is 39.1 Å². The third-order valence-corrected chi connectivity index (χ3v) is 3.89. The van der Waals surface area contributed by atoms with Gasteiger partial charge in [-0.25, -0.2) is 0 Å². The van der Waals surface area contributed by atoms with E-state index in [0.29, 0.717) is 0 Å². The minimum absolute atomic E-state index is 0.0112. The number of piperazine rings is 1. The molecule has 0 aliphatic carbocycles. The number of phenolic OH excluding ortho intramolecular Hbond substituents is 1. The molecular formula is C17H26N2O3. The SMILES string of the molecule is CC(=O)Oc1ccc([C@@H](N2CCNCC2)C(C)(C)C)cc1O. The number of nitrogens with one attached hydrogen (secondary N) is 1. The third kappa shape index (κ3) is 3.99. The molecule has 122 valence electrons. The molecule has 0 amide bonds. The number of esters is 1. The Morgan fingerprint density at radius 1 is 1.32 bits per heavy atom. The van der Waals surface area contributed by atoms with E-state index in [1.165, 1.54) is 6.92 Å². The maximum absolute atomic E-state index is 11.0. The molecule has 0 spiro atoms. The van der Waals surface area contributed by atoms with Crippen LogP contribution in [0.15, 0.2) is 18.2 Å². The van der Waals surface area contributed by atoms with E-state index in [2.05, 4.69) is 31.0 Å². The molecule has 2 rings (SSSR count). The molecule has 0 unspecified atom stereocenters. The second kappa shape index (κ2) is 6.67. The van der Waals surface area contributed by atoms with Gasteiger partial charge in [0.05, 0.1) is 0 Å². The minimum atomic E-state index is -0.433. The minimum Gasteiger partial charge on any atom is -0.504 e. The van der Waals surface area contributed by atoms with Crippen molar-refractivity contribution in [2.75, 3.05) is 26.2 Å². The second-order valence-corrected chi connectivity index (χ2v) is 6.88. The summed E-state index contributed by atoms with van der Waals surface area (Å²) in [4.78, 5) is 13.5. The highest BCUT2D eigenvalue weighted by atomic mass is 16.5. The van der Waals surface area contributed by atoms with Crippen molar-refractivity contribution in [1.82, 2.24) is 10.2 Å². The van der Waals surface area contributed by atoms with E-state index in [1.54, 1.807) is 12.1 Å². The summed E-state index contributed by atoms with van der Waals surface area (Å²) in [6, 6.07) is 5.53. The molecule has 1 heterocycles. The van der Waals surface area contributed by atoms with Crippen molar-refractivity contribution >= 4 is 5.97 Å². The summed E-state index contributed by atoms with van der Waals surface area (Å²) >= 11 is 0. The number of rotatable bonds is 3. The maximum Gasteiger partial charge on any atom is 0.308 e. The standard InChI is InChI=1S/C17H26N2O3/c1-12(20)22-15-6-5-13(11-14(15)21)16(17(2,3)4)19-9-7-18-8-10-19/h5-6,11,16,18,21H,7-10H2,1-4H3/t16-/m1/s1. The van der Waals surface area contributed by atoms with Crippen molar-refractivity contribution in [3.05, 3.63) is 23.8 Å². The normalized spacial score (nSPS) is 18.0. The molecule has 0 aromatic heterocycles. The van der Waals surface area contributed by atoms with Gasteiger partial charge in [0.15, 0.2) is 11.5 Å². The fourth-order valence-corrected chi connectivity index (χ4v) is 3.14. The fourth-order valence-electron chi connectivity index (χ4n) is 3.14. The molecule has 0 saturated carbocycles. The summed E-state index contributed by atoms with van der Waals surface area (Å²) in [7, 11) is 0. The number of hydrogen-bond acceptors (Lipinski definition) is 5. The third-order valence-electron chi connectivity index (χ3n) is 3.89. The molecule has 1 atom stereocenters. The van der Waals surface area contributed by atoms with Crippen LogP contribution in [0.5, 0.6) is 11.5 Å². The Kier molecular flexibility index (Phi) is 5.08. The molecule has 5 nitrogen and oxygen atoms in total. The number of hydrogen-bond donors (Lipinski definition) is 2. The van der Waals surface area contributed by atoms with E-state index in [4.69, 9.17) is 4.74 Å². The lowest BCUT2D eigenvalue weighted by molar-refractivity contribution is -0.132. The topological polar surface area (TPSA) is 61.8 Å². The molecule has 1 aliphatic rings.